The van der Waals surface area contributed by atoms with Gasteiger partial charge in [0.15, 0.2) is 0 Å². The Morgan fingerprint density at radius 3 is 2.93 bits per heavy atom. The van der Waals surface area contributed by atoms with Crippen LogP contribution in [0.1, 0.15) is 23.3 Å². The minimum absolute atomic E-state index is 0.0444. The fraction of sp³-hybridized carbons (Fsp3) is 0.591. The first kappa shape index (κ1) is 19.4. The molecule has 2 saturated heterocycles. The summed E-state index contributed by atoms with van der Waals surface area (Å²) in [5.74, 6) is 0.111. The van der Waals surface area contributed by atoms with Crippen molar-refractivity contribution in [1.82, 2.24) is 19.7 Å². The number of para-hydroxylation sites is 1. The number of aromatic nitrogens is 1. The third-order valence-electron chi connectivity index (χ3n) is 6.09. The predicted octanol–water partition coefficient (Wildman–Crippen LogP) is 2.28. The highest BCUT2D eigenvalue weighted by molar-refractivity contribution is 5.98. The molecule has 0 bridgehead atoms. The molecule has 152 valence electrons. The zero-order chi connectivity index (χ0) is 19.6. The van der Waals surface area contributed by atoms with Gasteiger partial charge in [0.1, 0.15) is 5.69 Å². The molecule has 6 nitrogen and oxygen atoms in total. The van der Waals surface area contributed by atoms with Crippen LogP contribution >= 0.6 is 0 Å². The van der Waals surface area contributed by atoms with E-state index in [1.165, 1.54) is 0 Å². The van der Waals surface area contributed by atoms with Gasteiger partial charge in [-0.15, -0.1) is 0 Å². The van der Waals surface area contributed by atoms with Gasteiger partial charge >= 0.3 is 0 Å². The third-order valence-corrected chi connectivity index (χ3v) is 6.09. The Balaban J connectivity index is 1.48. The van der Waals surface area contributed by atoms with E-state index in [9.17, 15) is 4.79 Å². The van der Waals surface area contributed by atoms with E-state index < -0.39 is 0 Å². The molecule has 1 atom stereocenters. The summed E-state index contributed by atoms with van der Waals surface area (Å²) in [6.45, 7) is 7.23. The highest BCUT2D eigenvalue weighted by Crippen LogP contribution is 2.33. The first-order valence-electron chi connectivity index (χ1n) is 10.4. The summed E-state index contributed by atoms with van der Waals surface area (Å²) < 4.78 is 6.01. The number of nitrogens with one attached hydrogen (secondary N) is 1. The Labute approximate surface area is 167 Å². The predicted molar refractivity (Wildman–Crippen MR) is 112 cm³/mol. The molecular formula is C22H32N4O2. The average molecular weight is 385 g/mol. The van der Waals surface area contributed by atoms with Gasteiger partial charge in [-0.25, -0.2) is 0 Å². The number of amides is 1. The lowest BCUT2D eigenvalue weighted by Gasteiger charge is -2.43. The van der Waals surface area contributed by atoms with E-state index >= 15 is 0 Å². The highest BCUT2D eigenvalue weighted by atomic mass is 16.5. The van der Waals surface area contributed by atoms with Crippen LogP contribution in [0, 0.1) is 5.41 Å². The zero-order valence-corrected chi connectivity index (χ0v) is 17.1. The monoisotopic (exact) mass is 384 g/mol. The number of ether oxygens (including phenoxy) is 1. The van der Waals surface area contributed by atoms with Gasteiger partial charge < -0.3 is 19.5 Å². The number of aromatic amines is 1. The quantitative estimate of drug-likeness (QED) is 0.879. The molecule has 4 rings (SSSR count). The van der Waals surface area contributed by atoms with Crippen molar-refractivity contribution < 1.29 is 9.53 Å². The van der Waals surface area contributed by atoms with Gasteiger partial charge in [-0.1, -0.05) is 18.2 Å². The molecule has 3 heterocycles. The first-order valence-corrected chi connectivity index (χ1v) is 10.4. The molecule has 1 amide bonds. The zero-order valence-electron chi connectivity index (χ0n) is 17.1. The SMILES string of the molecule is CN(C)CCN1CCOC[C@]2(CCCN(C(=O)c3cc4ccccc4[nH]3)C2)C1. The van der Waals surface area contributed by atoms with Crippen LogP contribution in [0.3, 0.4) is 0 Å². The summed E-state index contributed by atoms with van der Waals surface area (Å²) in [6, 6.07) is 10.0. The molecule has 28 heavy (non-hydrogen) atoms. The van der Waals surface area contributed by atoms with Gasteiger partial charge in [0.05, 0.1) is 13.2 Å². The Bertz CT molecular complexity index is 785. The average Bonchev–Trinajstić information content (AvgIpc) is 3.03. The van der Waals surface area contributed by atoms with E-state index in [0.29, 0.717) is 5.69 Å². The maximum absolute atomic E-state index is 13.2. The van der Waals surface area contributed by atoms with Crippen LogP contribution in [0.2, 0.25) is 0 Å². The van der Waals surface area contributed by atoms with Gasteiger partial charge in [0.2, 0.25) is 0 Å². The second kappa shape index (κ2) is 8.23. The van der Waals surface area contributed by atoms with E-state index in [-0.39, 0.29) is 11.3 Å². The number of hydrogen-bond acceptors (Lipinski definition) is 4. The molecule has 1 N–H and O–H groups in total. The topological polar surface area (TPSA) is 51.8 Å². The molecule has 2 aliphatic heterocycles. The lowest BCUT2D eigenvalue weighted by Crippen LogP contribution is -2.52. The van der Waals surface area contributed by atoms with Gasteiger partial charge in [0.25, 0.3) is 5.91 Å². The summed E-state index contributed by atoms with van der Waals surface area (Å²) in [6.07, 6.45) is 2.17. The van der Waals surface area contributed by atoms with Crippen molar-refractivity contribution in [1.29, 1.82) is 0 Å². The number of benzene rings is 1. The molecule has 1 spiro atoms. The fourth-order valence-electron chi connectivity index (χ4n) is 4.60. The molecular weight excluding hydrogens is 352 g/mol. The number of carbonyl (C=O) groups excluding carboxylic acids is 1. The molecule has 0 unspecified atom stereocenters. The normalized spacial score (nSPS) is 24.2. The molecule has 2 aliphatic rings. The number of likely N-dealkylation sites (N-methyl/N-ethyl adjacent to an activating group) is 1. The minimum atomic E-state index is 0.0444. The van der Waals surface area contributed by atoms with Crippen molar-refractivity contribution in [2.45, 2.75) is 12.8 Å². The van der Waals surface area contributed by atoms with Crippen molar-refractivity contribution in [2.75, 3.05) is 66.6 Å². The van der Waals surface area contributed by atoms with Crippen LogP contribution in [-0.4, -0.2) is 92.2 Å². The Morgan fingerprint density at radius 2 is 2.11 bits per heavy atom. The summed E-state index contributed by atoms with van der Waals surface area (Å²) in [7, 11) is 4.23. The number of nitrogens with zero attached hydrogens (tertiary/aromatic N) is 3. The molecule has 6 heteroatoms. The van der Waals surface area contributed by atoms with Gasteiger partial charge in [-0.2, -0.15) is 0 Å². The molecule has 1 aromatic carbocycles. The van der Waals surface area contributed by atoms with Crippen molar-refractivity contribution in [3.8, 4) is 0 Å². The van der Waals surface area contributed by atoms with Crippen LogP contribution in [0.25, 0.3) is 10.9 Å². The Morgan fingerprint density at radius 1 is 1.25 bits per heavy atom. The maximum Gasteiger partial charge on any atom is 0.270 e. The molecule has 2 fully saturated rings. The lowest BCUT2D eigenvalue weighted by atomic mass is 9.80. The number of rotatable bonds is 4. The first-order chi connectivity index (χ1) is 13.5. The summed E-state index contributed by atoms with van der Waals surface area (Å²) in [5.41, 5.74) is 1.76. The van der Waals surface area contributed by atoms with Gasteiger partial charge in [-0.3, -0.25) is 9.69 Å². The second-order valence-electron chi connectivity index (χ2n) is 8.73. The number of fused-ring (bicyclic) bond motifs is 1. The van der Waals surface area contributed by atoms with Crippen LogP contribution in [0.5, 0.6) is 0 Å². The van der Waals surface area contributed by atoms with E-state index in [1.807, 2.05) is 35.2 Å². The van der Waals surface area contributed by atoms with Crippen molar-refractivity contribution in [3.05, 3.63) is 36.0 Å². The van der Waals surface area contributed by atoms with Gasteiger partial charge in [0, 0.05) is 55.6 Å². The van der Waals surface area contributed by atoms with Crippen molar-refractivity contribution >= 4 is 16.8 Å². The number of H-pyrrole nitrogens is 1. The van der Waals surface area contributed by atoms with E-state index in [1.54, 1.807) is 0 Å². The number of hydrogen-bond donors (Lipinski definition) is 1. The number of likely N-dealkylation sites (tertiary alicyclic amines) is 1. The molecule has 2 aromatic rings. The van der Waals surface area contributed by atoms with E-state index in [2.05, 4.69) is 28.9 Å². The Hall–Kier alpha value is -1.89. The smallest absolute Gasteiger partial charge is 0.270 e. The lowest BCUT2D eigenvalue weighted by molar-refractivity contribution is 0.00697. The van der Waals surface area contributed by atoms with Gasteiger partial charge in [-0.05, 0) is 39.1 Å². The van der Waals surface area contributed by atoms with Crippen molar-refractivity contribution in [2.24, 2.45) is 5.41 Å². The van der Waals surface area contributed by atoms with Crippen molar-refractivity contribution in [3.63, 3.8) is 0 Å². The largest absolute Gasteiger partial charge is 0.379 e. The summed E-state index contributed by atoms with van der Waals surface area (Å²) in [5, 5.41) is 1.09. The molecule has 0 aliphatic carbocycles. The van der Waals surface area contributed by atoms with E-state index in [4.69, 9.17) is 4.74 Å². The van der Waals surface area contributed by atoms with Crippen LogP contribution in [-0.2, 0) is 4.74 Å². The molecule has 0 saturated carbocycles. The molecule has 0 radical (unpaired) electrons. The Kier molecular flexibility index (Phi) is 5.71. The summed E-state index contributed by atoms with van der Waals surface area (Å²) >= 11 is 0. The van der Waals surface area contributed by atoms with Crippen LogP contribution in [0.4, 0.5) is 0 Å². The molecule has 1 aromatic heterocycles. The third kappa shape index (κ3) is 4.24. The number of carbonyl (C=O) groups is 1. The highest BCUT2D eigenvalue weighted by Gasteiger charge is 2.40. The fourth-order valence-corrected chi connectivity index (χ4v) is 4.60. The van der Waals surface area contributed by atoms with Crippen LogP contribution < -0.4 is 0 Å². The summed E-state index contributed by atoms with van der Waals surface area (Å²) in [4.78, 5) is 23.3. The maximum atomic E-state index is 13.2. The van der Waals surface area contributed by atoms with Crippen LogP contribution in [0.15, 0.2) is 30.3 Å². The number of piperidine rings is 1. The standard InChI is InChI=1S/C22H32N4O2/c1-24(2)10-11-25-12-13-28-17-22(15-25)8-5-9-26(16-22)21(27)20-14-18-6-3-4-7-19(18)23-20/h3-4,6-7,14,23H,5,8-13,15-17H2,1-2H3/t22-/m1/s1. The second-order valence-corrected chi connectivity index (χ2v) is 8.73. The van der Waals surface area contributed by atoms with E-state index in [0.717, 1.165) is 76.2 Å². The minimum Gasteiger partial charge on any atom is -0.379 e.